The molecule has 0 aliphatic carbocycles. The van der Waals surface area contributed by atoms with E-state index in [0.717, 1.165) is 18.9 Å². The van der Waals surface area contributed by atoms with Crippen LogP contribution in [0.15, 0.2) is 42.6 Å². The van der Waals surface area contributed by atoms with Crippen molar-refractivity contribution in [1.82, 2.24) is 9.88 Å². The van der Waals surface area contributed by atoms with Gasteiger partial charge in [0.25, 0.3) is 5.91 Å². The van der Waals surface area contributed by atoms with Crippen LogP contribution in [0.4, 0.5) is 24.5 Å². The minimum Gasteiger partial charge on any atom is -0.355 e. The third-order valence-electron chi connectivity index (χ3n) is 3.88. The van der Waals surface area contributed by atoms with Crippen LogP contribution in [-0.4, -0.2) is 28.9 Å². The van der Waals surface area contributed by atoms with Crippen LogP contribution < -0.4 is 5.32 Å². The van der Waals surface area contributed by atoms with Crippen molar-refractivity contribution in [3.8, 4) is 0 Å². The van der Waals surface area contributed by atoms with E-state index in [1.165, 1.54) is 36.5 Å². The Balaban J connectivity index is 1.84. The van der Waals surface area contributed by atoms with Crippen LogP contribution in [0.3, 0.4) is 0 Å². The molecular formula is C17H16F3N3O. The van der Waals surface area contributed by atoms with Crippen molar-refractivity contribution >= 4 is 17.3 Å². The van der Waals surface area contributed by atoms with Crippen LogP contribution in [0.1, 0.15) is 28.9 Å². The van der Waals surface area contributed by atoms with Gasteiger partial charge in [-0.05, 0) is 37.1 Å². The summed E-state index contributed by atoms with van der Waals surface area (Å²) < 4.78 is 39.1. The second-order valence-electron chi connectivity index (χ2n) is 5.60. The summed E-state index contributed by atoms with van der Waals surface area (Å²) in [5.74, 6) is -0.194. The van der Waals surface area contributed by atoms with Crippen molar-refractivity contribution in [2.24, 2.45) is 0 Å². The van der Waals surface area contributed by atoms with Crippen molar-refractivity contribution in [3.63, 3.8) is 0 Å². The maximum Gasteiger partial charge on any atom is 0.418 e. The lowest BCUT2D eigenvalue weighted by Gasteiger charge is -2.16. The zero-order valence-electron chi connectivity index (χ0n) is 12.8. The number of hydrogen-bond acceptors (Lipinski definition) is 3. The number of aromatic nitrogens is 1. The molecule has 0 unspecified atom stereocenters. The van der Waals surface area contributed by atoms with Gasteiger partial charge in [0.15, 0.2) is 0 Å². The Morgan fingerprint density at radius 3 is 2.54 bits per heavy atom. The first-order valence-electron chi connectivity index (χ1n) is 7.64. The van der Waals surface area contributed by atoms with E-state index in [-0.39, 0.29) is 17.3 Å². The monoisotopic (exact) mass is 335 g/mol. The average Bonchev–Trinajstić information content (AvgIpc) is 3.08. The van der Waals surface area contributed by atoms with Crippen molar-refractivity contribution in [3.05, 3.63) is 53.9 Å². The van der Waals surface area contributed by atoms with E-state index in [1.54, 1.807) is 4.90 Å². The molecule has 24 heavy (non-hydrogen) atoms. The Kier molecular flexibility index (Phi) is 4.42. The van der Waals surface area contributed by atoms with Crippen molar-refractivity contribution in [1.29, 1.82) is 0 Å². The van der Waals surface area contributed by atoms with Gasteiger partial charge in [0.1, 0.15) is 5.69 Å². The van der Waals surface area contributed by atoms with Gasteiger partial charge >= 0.3 is 6.18 Å². The van der Waals surface area contributed by atoms with Gasteiger partial charge in [-0.2, -0.15) is 13.2 Å². The molecule has 1 saturated heterocycles. The number of anilines is 2. The van der Waals surface area contributed by atoms with Crippen LogP contribution in [0.25, 0.3) is 0 Å². The Morgan fingerprint density at radius 2 is 1.83 bits per heavy atom. The molecule has 1 aromatic carbocycles. The Labute approximate surface area is 137 Å². The molecule has 3 rings (SSSR count). The minimum atomic E-state index is -4.45. The highest BCUT2D eigenvalue weighted by molar-refractivity contribution is 5.93. The van der Waals surface area contributed by atoms with Gasteiger partial charge in [-0.1, -0.05) is 12.1 Å². The summed E-state index contributed by atoms with van der Waals surface area (Å²) in [5, 5.41) is 2.73. The molecule has 0 radical (unpaired) electrons. The maximum atomic E-state index is 13.0. The SMILES string of the molecule is O=C(c1cc(Nc2ccccc2C(F)(F)F)ccn1)N1CCCC1. The standard InChI is InChI=1S/C17H16F3N3O/c18-17(19,20)13-5-1-2-6-14(13)22-12-7-8-21-15(11-12)16(24)23-9-3-4-10-23/h1-2,5-8,11H,3-4,9-10H2,(H,21,22). The van der Waals surface area contributed by atoms with Gasteiger partial charge in [-0.25, -0.2) is 0 Å². The molecule has 4 nitrogen and oxygen atoms in total. The third kappa shape index (κ3) is 3.50. The number of nitrogens with one attached hydrogen (secondary N) is 1. The molecule has 1 aliphatic rings. The lowest BCUT2D eigenvalue weighted by Crippen LogP contribution is -2.28. The predicted octanol–water partition coefficient (Wildman–Crippen LogP) is 4.08. The Bertz CT molecular complexity index is 740. The van der Waals surface area contributed by atoms with Crippen molar-refractivity contribution < 1.29 is 18.0 Å². The Hall–Kier alpha value is -2.57. The molecule has 0 saturated carbocycles. The van der Waals surface area contributed by atoms with E-state index in [0.29, 0.717) is 18.8 Å². The van der Waals surface area contributed by atoms with E-state index >= 15 is 0 Å². The molecule has 1 N–H and O–H groups in total. The van der Waals surface area contributed by atoms with Gasteiger partial charge < -0.3 is 10.2 Å². The molecule has 2 aromatic rings. The van der Waals surface area contributed by atoms with Crippen LogP contribution in [-0.2, 0) is 6.18 Å². The van der Waals surface area contributed by atoms with E-state index < -0.39 is 11.7 Å². The average molecular weight is 335 g/mol. The quantitative estimate of drug-likeness (QED) is 0.919. The highest BCUT2D eigenvalue weighted by Gasteiger charge is 2.33. The number of carbonyl (C=O) groups excluding carboxylic acids is 1. The number of alkyl halides is 3. The summed E-state index contributed by atoms with van der Waals surface area (Å²) in [6.45, 7) is 1.38. The first-order chi connectivity index (χ1) is 11.4. The summed E-state index contributed by atoms with van der Waals surface area (Å²) in [4.78, 5) is 18.1. The second-order valence-corrected chi connectivity index (χ2v) is 5.60. The largest absolute Gasteiger partial charge is 0.418 e. The van der Waals surface area contributed by atoms with Crippen LogP contribution in [0, 0.1) is 0 Å². The summed E-state index contributed by atoms with van der Waals surface area (Å²) in [7, 11) is 0. The Morgan fingerprint density at radius 1 is 1.12 bits per heavy atom. The van der Waals surface area contributed by atoms with E-state index in [9.17, 15) is 18.0 Å². The second kappa shape index (κ2) is 6.51. The van der Waals surface area contributed by atoms with Crippen LogP contribution in [0.2, 0.25) is 0 Å². The molecule has 1 amide bonds. The molecule has 0 atom stereocenters. The molecule has 1 aromatic heterocycles. The molecule has 1 fully saturated rings. The lowest BCUT2D eigenvalue weighted by atomic mass is 10.1. The fraction of sp³-hybridized carbons (Fsp3) is 0.294. The van der Waals surface area contributed by atoms with Crippen LogP contribution in [0.5, 0.6) is 0 Å². The number of carbonyl (C=O) groups is 1. The molecule has 1 aliphatic heterocycles. The molecule has 126 valence electrons. The number of halogens is 3. The maximum absolute atomic E-state index is 13.0. The van der Waals surface area contributed by atoms with E-state index in [1.807, 2.05) is 0 Å². The molecule has 0 spiro atoms. The summed E-state index contributed by atoms with van der Waals surface area (Å²) in [6.07, 6.45) is -1.11. The van der Waals surface area contributed by atoms with Gasteiger partial charge in [-0.3, -0.25) is 9.78 Å². The normalized spacial score (nSPS) is 14.7. The molecule has 7 heteroatoms. The number of likely N-dealkylation sites (tertiary alicyclic amines) is 1. The molecular weight excluding hydrogens is 319 g/mol. The van der Waals surface area contributed by atoms with E-state index in [2.05, 4.69) is 10.3 Å². The number of pyridine rings is 1. The van der Waals surface area contributed by atoms with Gasteiger partial charge in [0.05, 0.1) is 11.3 Å². The number of amides is 1. The third-order valence-corrected chi connectivity index (χ3v) is 3.88. The van der Waals surface area contributed by atoms with E-state index in [4.69, 9.17) is 0 Å². The zero-order chi connectivity index (χ0) is 17.2. The van der Waals surface area contributed by atoms with Gasteiger partial charge in [0, 0.05) is 25.0 Å². The van der Waals surface area contributed by atoms with Gasteiger partial charge in [0.2, 0.25) is 0 Å². The number of nitrogens with zero attached hydrogens (tertiary/aromatic N) is 2. The smallest absolute Gasteiger partial charge is 0.355 e. The highest BCUT2D eigenvalue weighted by Crippen LogP contribution is 2.35. The summed E-state index contributed by atoms with van der Waals surface area (Å²) >= 11 is 0. The highest BCUT2D eigenvalue weighted by atomic mass is 19.4. The molecule has 2 heterocycles. The lowest BCUT2D eigenvalue weighted by molar-refractivity contribution is -0.136. The van der Waals surface area contributed by atoms with Gasteiger partial charge in [-0.15, -0.1) is 0 Å². The fourth-order valence-electron chi connectivity index (χ4n) is 2.70. The number of hydrogen-bond donors (Lipinski definition) is 1. The molecule has 0 bridgehead atoms. The predicted molar refractivity (Wildman–Crippen MR) is 84.1 cm³/mol. The van der Waals surface area contributed by atoms with Crippen molar-refractivity contribution in [2.75, 3.05) is 18.4 Å². The first kappa shape index (κ1) is 16.3. The van der Waals surface area contributed by atoms with Crippen LogP contribution >= 0.6 is 0 Å². The van der Waals surface area contributed by atoms with Crippen molar-refractivity contribution in [2.45, 2.75) is 19.0 Å². The minimum absolute atomic E-state index is 0.0595. The number of rotatable bonds is 3. The zero-order valence-corrected chi connectivity index (χ0v) is 12.8. The topological polar surface area (TPSA) is 45.2 Å². The number of benzene rings is 1. The summed E-state index contributed by atoms with van der Waals surface area (Å²) in [6, 6.07) is 8.24. The first-order valence-corrected chi connectivity index (χ1v) is 7.64. The number of para-hydroxylation sites is 1. The fourth-order valence-corrected chi connectivity index (χ4v) is 2.70. The summed E-state index contributed by atoms with van der Waals surface area (Å²) in [5.41, 5.74) is -0.194.